The molecule has 1 fully saturated rings. The largest absolute Gasteiger partial charge is 0.447 e. The summed E-state index contributed by atoms with van der Waals surface area (Å²) >= 11 is 0. The molecule has 88 valence electrons. The average molecular weight is 216 g/mol. The summed E-state index contributed by atoms with van der Waals surface area (Å²) < 4.78 is 4.66. The van der Waals surface area contributed by atoms with Gasteiger partial charge in [-0.15, -0.1) is 0 Å². The van der Waals surface area contributed by atoms with Gasteiger partial charge in [0.15, 0.2) is 0 Å². The average Bonchev–Trinajstić information content (AvgIpc) is 3.05. The minimum absolute atomic E-state index is 0.0615. The molecule has 1 aliphatic carbocycles. The molecule has 0 aromatic carbocycles. The molecule has 0 saturated heterocycles. The maximum atomic E-state index is 11.0. The van der Waals surface area contributed by atoms with E-state index in [2.05, 4.69) is 21.9 Å². The topological polar surface area (TPSA) is 61.8 Å². The number of nitrogens with zero attached hydrogens (tertiary/aromatic N) is 1. The van der Waals surface area contributed by atoms with Gasteiger partial charge in [-0.05, 0) is 19.4 Å². The lowest BCUT2D eigenvalue weighted by Gasteiger charge is -2.19. The van der Waals surface area contributed by atoms with E-state index in [-0.39, 0.29) is 13.2 Å². The van der Waals surface area contributed by atoms with E-state index in [1.807, 2.05) is 0 Å². The number of aliphatic hydroxyl groups excluding tert-OH is 1. The van der Waals surface area contributed by atoms with E-state index in [9.17, 15) is 4.79 Å². The van der Waals surface area contributed by atoms with Gasteiger partial charge in [-0.2, -0.15) is 0 Å². The fourth-order valence-corrected chi connectivity index (χ4v) is 1.53. The molecule has 5 nitrogen and oxygen atoms in total. The van der Waals surface area contributed by atoms with Crippen molar-refractivity contribution in [1.29, 1.82) is 0 Å². The smallest absolute Gasteiger partial charge is 0.407 e. The van der Waals surface area contributed by atoms with Crippen molar-refractivity contribution >= 4 is 6.09 Å². The maximum Gasteiger partial charge on any atom is 0.407 e. The molecule has 0 aromatic heterocycles. The zero-order valence-corrected chi connectivity index (χ0v) is 9.24. The second-order valence-electron chi connectivity index (χ2n) is 3.65. The number of hydrogen-bond acceptors (Lipinski definition) is 4. The molecule has 15 heavy (non-hydrogen) atoms. The molecule has 1 rings (SSSR count). The Hall–Kier alpha value is -0.810. The zero-order chi connectivity index (χ0) is 11.1. The third-order valence-corrected chi connectivity index (χ3v) is 2.46. The number of carbonyl (C=O) groups excluding carboxylic acids is 1. The predicted molar refractivity (Wildman–Crippen MR) is 56.7 cm³/mol. The van der Waals surface area contributed by atoms with Crippen molar-refractivity contribution < 1.29 is 14.6 Å². The van der Waals surface area contributed by atoms with Crippen molar-refractivity contribution in [2.45, 2.75) is 25.8 Å². The first-order chi connectivity index (χ1) is 7.27. The molecule has 0 radical (unpaired) electrons. The first-order valence-electron chi connectivity index (χ1n) is 5.53. The summed E-state index contributed by atoms with van der Waals surface area (Å²) in [5.74, 6) is 0. The summed E-state index contributed by atoms with van der Waals surface area (Å²) in [7, 11) is 0. The monoisotopic (exact) mass is 216 g/mol. The van der Waals surface area contributed by atoms with Crippen LogP contribution in [0.1, 0.15) is 19.8 Å². The maximum absolute atomic E-state index is 11.0. The lowest BCUT2D eigenvalue weighted by molar-refractivity contribution is 0.118. The Balaban J connectivity index is 2.01. The molecule has 1 saturated carbocycles. The number of ether oxygens (including phenoxy) is 1. The van der Waals surface area contributed by atoms with E-state index in [4.69, 9.17) is 5.11 Å². The van der Waals surface area contributed by atoms with Gasteiger partial charge in [-0.25, -0.2) is 4.79 Å². The van der Waals surface area contributed by atoms with Crippen LogP contribution in [-0.2, 0) is 4.74 Å². The number of rotatable bonds is 7. The van der Waals surface area contributed by atoms with Crippen molar-refractivity contribution in [3.05, 3.63) is 0 Å². The van der Waals surface area contributed by atoms with Crippen LogP contribution in [0.4, 0.5) is 4.79 Å². The number of nitrogens with one attached hydrogen (secondary N) is 1. The Kier molecular flexibility index (Phi) is 5.42. The van der Waals surface area contributed by atoms with Crippen LogP contribution in [-0.4, -0.2) is 55.0 Å². The third-order valence-electron chi connectivity index (χ3n) is 2.46. The Labute approximate surface area is 90.4 Å². The van der Waals surface area contributed by atoms with Gasteiger partial charge >= 0.3 is 6.09 Å². The van der Waals surface area contributed by atoms with Crippen LogP contribution in [0.3, 0.4) is 0 Å². The van der Waals surface area contributed by atoms with Crippen LogP contribution >= 0.6 is 0 Å². The van der Waals surface area contributed by atoms with Gasteiger partial charge in [0.05, 0.1) is 6.61 Å². The lowest BCUT2D eigenvalue weighted by Crippen LogP contribution is -2.36. The molecule has 0 aromatic rings. The van der Waals surface area contributed by atoms with E-state index in [0.29, 0.717) is 6.54 Å². The summed E-state index contributed by atoms with van der Waals surface area (Å²) in [6.45, 7) is 4.56. The van der Waals surface area contributed by atoms with E-state index < -0.39 is 6.09 Å². The van der Waals surface area contributed by atoms with Crippen LogP contribution < -0.4 is 5.32 Å². The Morgan fingerprint density at radius 1 is 1.60 bits per heavy atom. The third kappa shape index (κ3) is 4.99. The van der Waals surface area contributed by atoms with Crippen LogP contribution in [0.15, 0.2) is 0 Å². The first kappa shape index (κ1) is 12.3. The summed E-state index contributed by atoms with van der Waals surface area (Å²) in [6, 6.07) is 0.727. The molecule has 5 heteroatoms. The van der Waals surface area contributed by atoms with E-state index in [0.717, 1.165) is 19.1 Å². The van der Waals surface area contributed by atoms with Crippen molar-refractivity contribution in [1.82, 2.24) is 10.2 Å². The zero-order valence-electron chi connectivity index (χ0n) is 9.24. The second-order valence-corrected chi connectivity index (χ2v) is 3.65. The minimum Gasteiger partial charge on any atom is -0.447 e. The van der Waals surface area contributed by atoms with Crippen molar-refractivity contribution in [2.75, 3.05) is 32.8 Å². The Morgan fingerprint density at radius 3 is 2.87 bits per heavy atom. The fourth-order valence-electron chi connectivity index (χ4n) is 1.53. The SMILES string of the molecule is CCN(CCNC(=O)OCCO)C1CC1. The van der Waals surface area contributed by atoms with Gasteiger partial charge in [0.1, 0.15) is 6.61 Å². The van der Waals surface area contributed by atoms with Crippen LogP contribution in [0.5, 0.6) is 0 Å². The van der Waals surface area contributed by atoms with E-state index in [1.54, 1.807) is 0 Å². The molecule has 0 atom stereocenters. The Morgan fingerprint density at radius 2 is 2.33 bits per heavy atom. The van der Waals surface area contributed by atoms with Gasteiger partial charge < -0.3 is 15.2 Å². The standard InChI is InChI=1S/C10H20N2O3/c1-2-12(9-3-4-9)6-5-11-10(14)15-8-7-13/h9,13H,2-8H2,1H3,(H,11,14). The van der Waals surface area contributed by atoms with E-state index in [1.165, 1.54) is 12.8 Å². The number of alkyl carbamates (subject to hydrolysis) is 1. The normalized spacial score (nSPS) is 15.4. The summed E-state index contributed by atoms with van der Waals surface area (Å²) in [4.78, 5) is 13.3. The number of likely N-dealkylation sites (N-methyl/N-ethyl adjacent to an activating group) is 1. The molecule has 2 N–H and O–H groups in total. The van der Waals surface area contributed by atoms with Gasteiger partial charge in [-0.1, -0.05) is 6.92 Å². The predicted octanol–water partition coefficient (Wildman–Crippen LogP) is 0.189. The Bertz CT molecular complexity index is 195. The minimum atomic E-state index is -0.448. The number of amides is 1. The first-order valence-corrected chi connectivity index (χ1v) is 5.53. The van der Waals surface area contributed by atoms with Crippen molar-refractivity contribution in [3.8, 4) is 0 Å². The molecule has 0 heterocycles. The van der Waals surface area contributed by atoms with Gasteiger partial charge in [0.25, 0.3) is 0 Å². The molecule has 1 amide bonds. The summed E-state index contributed by atoms with van der Waals surface area (Å²) in [5, 5.41) is 11.1. The molecule has 0 unspecified atom stereocenters. The molecular formula is C10H20N2O3. The molecule has 0 bridgehead atoms. The number of hydrogen-bond donors (Lipinski definition) is 2. The van der Waals surface area contributed by atoms with Crippen LogP contribution in [0.2, 0.25) is 0 Å². The van der Waals surface area contributed by atoms with Gasteiger partial charge in [-0.3, -0.25) is 4.90 Å². The van der Waals surface area contributed by atoms with Crippen LogP contribution in [0, 0.1) is 0 Å². The summed E-state index contributed by atoms with van der Waals surface area (Å²) in [5.41, 5.74) is 0. The molecule has 0 spiro atoms. The van der Waals surface area contributed by atoms with E-state index >= 15 is 0 Å². The number of carbonyl (C=O) groups is 1. The highest BCUT2D eigenvalue weighted by Gasteiger charge is 2.27. The summed E-state index contributed by atoms with van der Waals surface area (Å²) in [6.07, 6.45) is 2.11. The highest BCUT2D eigenvalue weighted by molar-refractivity contribution is 5.67. The van der Waals surface area contributed by atoms with Crippen molar-refractivity contribution in [2.24, 2.45) is 0 Å². The quantitative estimate of drug-likeness (QED) is 0.637. The van der Waals surface area contributed by atoms with Crippen molar-refractivity contribution in [3.63, 3.8) is 0 Å². The fraction of sp³-hybridized carbons (Fsp3) is 0.900. The van der Waals surface area contributed by atoms with Gasteiger partial charge in [0.2, 0.25) is 0 Å². The lowest BCUT2D eigenvalue weighted by atomic mass is 10.4. The highest BCUT2D eigenvalue weighted by Crippen LogP contribution is 2.25. The molecular weight excluding hydrogens is 196 g/mol. The molecule has 0 aliphatic heterocycles. The number of aliphatic hydroxyl groups is 1. The van der Waals surface area contributed by atoms with Crippen LogP contribution in [0.25, 0.3) is 0 Å². The molecule has 1 aliphatic rings. The highest BCUT2D eigenvalue weighted by atomic mass is 16.6. The van der Waals surface area contributed by atoms with Gasteiger partial charge in [0, 0.05) is 19.1 Å². The second kappa shape index (κ2) is 6.63.